The number of carbonyl (C=O) groups is 2. The van der Waals surface area contributed by atoms with Crippen molar-refractivity contribution in [3.63, 3.8) is 0 Å². The highest BCUT2D eigenvalue weighted by molar-refractivity contribution is 6.01. The van der Waals surface area contributed by atoms with Crippen molar-refractivity contribution >= 4 is 17.5 Å². The van der Waals surface area contributed by atoms with Crippen molar-refractivity contribution in [3.05, 3.63) is 29.8 Å². The normalized spacial score (nSPS) is 23.5. The highest BCUT2D eigenvalue weighted by atomic mass is 16.2. The van der Waals surface area contributed by atoms with E-state index in [2.05, 4.69) is 0 Å². The van der Waals surface area contributed by atoms with Crippen LogP contribution in [0, 0.1) is 6.92 Å². The van der Waals surface area contributed by atoms with Gasteiger partial charge in [-0.2, -0.15) is 0 Å². The fourth-order valence-corrected chi connectivity index (χ4v) is 3.02. The molecule has 0 aliphatic carbocycles. The zero-order valence-corrected chi connectivity index (χ0v) is 11.1. The van der Waals surface area contributed by atoms with Crippen LogP contribution in [0.25, 0.3) is 0 Å². The minimum absolute atomic E-state index is 0.0777. The molecule has 100 valence electrons. The molecule has 1 aromatic rings. The predicted octanol–water partition coefficient (Wildman–Crippen LogP) is 1.72. The Kier molecular flexibility index (Phi) is 3.01. The number of fused-ring (bicyclic) bond motifs is 1. The number of nitrogens with zero attached hydrogens (tertiary/aromatic N) is 2. The summed E-state index contributed by atoms with van der Waals surface area (Å²) >= 11 is 0. The highest BCUT2D eigenvalue weighted by Crippen LogP contribution is 2.27. The van der Waals surface area contributed by atoms with Gasteiger partial charge in [0.1, 0.15) is 6.04 Å². The second-order valence-corrected chi connectivity index (χ2v) is 5.32. The van der Waals surface area contributed by atoms with E-state index in [1.165, 1.54) is 0 Å². The average molecular weight is 258 g/mol. The lowest BCUT2D eigenvalue weighted by Gasteiger charge is -2.25. The van der Waals surface area contributed by atoms with Crippen LogP contribution in [0.5, 0.6) is 0 Å². The summed E-state index contributed by atoms with van der Waals surface area (Å²) in [7, 11) is 0. The van der Waals surface area contributed by atoms with Gasteiger partial charge < -0.3 is 9.80 Å². The lowest BCUT2D eigenvalue weighted by molar-refractivity contribution is -0.135. The maximum Gasteiger partial charge on any atom is 0.249 e. The van der Waals surface area contributed by atoms with Crippen LogP contribution in [-0.2, 0) is 9.59 Å². The number of aryl methyl sites for hydroxylation is 1. The van der Waals surface area contributed by atoms with Crippen molar-refractivity contribution in [2.24, 2.45) is 0 Å². The van der Waals surface area contributed by atoms with Gasteiger partial charge in [0.25, 0.3) is 0 Å². The van der Waals surface area contributed by atoms with Gasteiger partial charge in [0, 0.05) is 25.2 Å². The molecule has 0 bridgehead atoms. The van der Waals surface area contributed by atoms with Crippen LogP contribution in [0.3, 0.4) is 0 Å². The molecule has 2 heterocycles. The Morgan fingerprint density at radius 1 is 1.21 bits per heavy atom. The molecule has 2 fully saturated rings. The maximum atomic E-state index is 12.6. The molecule has 4 nitrogen and oxygen atoms in total. The average Bonchev–Trinajstić information content (AvgIpc) is 2.84. The van der Waals surface area contributed by atoms with Crippen LogP contribution >= 0.6 is 0 Å². The molecule has 2 saturated heterocycles. The molecule has 19 heavy (non-hydrogen) atoms. The van der Waals surface area contributed by atoms with Crippen LogP contribution in [-0.4, -0.2) is 35.8 Å². The minimum Gasteiger partial charge on any atom is -0.331 e. The Balaban J connectivity index is 1.94. The second-order valence-electron chi connectivity index (χ2n) is 5.32. The molecule has 3 rings (SSSR count). The van der Waals surface area contributed by atoms with Crippen molar-refractivity contribution < 1.29 is 9.59 Å². The summed E-state index contributed by atoms with van der Waals surface area (Å²) in [6.45, 7) is 3.24. The summed E-state index contributed by atoms with van der Waals surface area (Å²) in [5.41, 5.74) is 2.04. The zero-order valence-electron chi connectivity index (χ0n) is 11.1. The first-order valence-corrected chi connectivity index (χ1v) is 6.84. The third-order valence-electron chi connectivity index (χ3n) is 3.99. The van der Waals surface area contributed by atoms with Crippen molar-refractivity contribution in [3.8, 4) is 0 Å². The third-order valence-corrected chi connectivity index (χ3v) is 3.99. The van der Waals surface area contributed by atoms with E-state index >= 15 is 0 Å². The van der Waals surface area contributed by atoms with Gasteiger partial charge >= 0.3 is 0 Å². The number of benzene rings is 1. The quantitative estimate of drug-likeness (QED) is 0.769. The number of rotatable bonds is 1. The molecule has 0 radical (unpaired) electrons. The zero-order chi connectivity index (χ0) is 13.4. The molecular formula is C15H18N2O2. The second kappa shape index (κ2) is 4.68. The van der Waals surface area contributed by atoms with Crippen molar-refractivity contribution in [1.29, 1.82) is 0 Å². The van der Waals surface area contributed by atoms with Gasteiger partial charge in [-0.25, -0.2) is 0 Å². The first kappa shape index (κ1) is 12.2. The molecule has 0 saturated carbocycles. The predicted molar refractivity (Wildman–Crippen MR) is 72.9 cm³/mol. The Labute approximate surface area is 113 Å². The third kappa shape index (κ3) is 2.11. The molecule has 1 unspecified atom stereocenters. The van der Waals surface area contributed by atoms with Crippen molar-refractivity contribution in [2.75, 3.05) is 18.0 Å². The fourth-order valence-electron chi connectivity index (χ4n) is 3.02. The van der Waals surface area contributed by atoms with Gasteiger partial charge in [0.05, 0.1) is 0 Å². The molecule has 0 aromatic heterocycles. The van der Waals surface area contributed by atoms with E-state index in [1.54, 1.807) is 9.80 Å². The summed E-state index contributed by atoms with van der Waals surface area (Å²) in [5, 5.41) is 0. The number of amides is 2. The fraction of sp³-hybridized carbons (Fsp3) is 0.467. The Morgan fingerprint density at radius 2 is 2.05 bits per heavy atom. The van der Waals surface area contributed by atoms with Gasteiger partial charge in [-0.3, -0.25) is 9.59 Å². The van der Waals surface area contributed by atoms with E-state index in [4.69, 9.17) is 0 Å². The van der Waals surface area contributed by atoms with Crippen LogP contribution in [0.4, 0.5) is 5.69 Å². The summed E-state index contributed by atoms with van der Waals surface area (Å²) in [6, 6.07) is 7.68. The molecule has 0 spiro atoms. The molecule has 2 aliphatic rings. The highest BCUT2D eigenvalue weighted by Gasteiger charge is 2.39. The lowest BCUT2D eigenvalue weighted by atomic mass is 10.1. The summed E-state index contributed by atoms with van der Waals surface area (Å²) in [5.74, 6) is 0.194. The summed E-state index contributed by atoms with van der Waals surface area (Å²) < 4.78 is 0. The van der Waals surface area contributed by atoms with E-state index in [9.17, 15) is 9.59 Å². The van der Waals surface area contributed by atoms with E-state index in [1.807, 2.05) is 31.2 Å². The Hall–Kier alpha value is -1.84. The SMILES string of the molecule is Cc1cccc(N2CCC(=O)N3CCCC3C2=O)c1. The van der Waals surface area contributed by atoms with Crippen LogP contribution in [0.2, 0.25) is 0 Å². The van der Waals surface area contributed by atoms with E-state index in [-0.39, 0.29) is 17.9 Å². The van der Waals surface area contributed by atoms with Crippen molar-refractivity contribution in [2.45, 2.75) is 32.2 Å². The molecule has 2 aliphatic heterocycles. The topological polar surface area (TPSA) is 40.6 Å². The van der Waals surface area contributed by atoms with Crippen LogP contribution < -0.4 is 4.90 Å². The molecule has 1 aromatic carbocycles. The molecular weight excluding hydrogens is 240 g/mol. The molecule has 0 N–H and O–H groups in total. The first-order valence-electron chi connectivity index (χ1n) is 6.84. The number of anilines is 1. The lowest BCUT2D eigenvalue weighted by Crippen LogP contribution is -2.43. The smallest absolute Gasteiger partial charge is 0.249 e. The van der Waals surface area contributed by atoms with E-state index < -0.39 is 0 Å². The van der Waals surface area contributed by atoms with Crippen molar-refractivity contribution in [1.82, 2.24) is 4.90 Å². The Morgan fingerprint density at radius 3 is 2.84 bits per heavy atom. The maximum absolute atomic E-state index is 12.6. The number of hydrogen-bond acceptors (Lipinski definition) is 2. The largest absolute Gasteiger partial charge is 0.331 e. The molecule has 4 heteroatoms. The Bertz CT molecular complexity index is 527. The van der Waals surface area contributed by atoms with Gasteiger partial charge in [0.15, 0.2) is 0 Å². The van der Waals surface area contributed by atoms with Crippen LogP contribution in [0.15, 0.2) is 24.3 Å². The van der Waals surface area contributed by atoms with E-state index in [0.717, 1.165) is 30.6 Å². The first-order chi connectivity index (χ1) is 9.16. The minimum atomic E-state index is -0.240. The number of hydrogen-bond donors (Lipinski definition) is 0. The van der Waals surface area contributed by atoms with Gasteiger partial charge in [-0.1, -0.05) is 12.1 Å². The molecule has 1 atom stereocenters. The van der Waals surface area contributed by atoms with Gasteiger partial charge in [-0.05, 0) is 37.5 Å². The summed E-state index contributed by atoms with van der Waals surface area (Å²) in [6.07, 6.45) is 2.16. The number of carbonyl (C=O) groups excluding carboxylic acids is 2. The monoisotopic (exact) mass is 258 g/mol. The van der Waals surface area contributed by atoms with Gasteiger partial charge in [-0.15, -0.1) is 0 Å². The molecule has 2 amide bonds. The van der Waals surface area contributed by atoms with Crippen LogP contribution in [0.1, 0.15) is 24.8 Å². The van der Waals surface area contributed by atoms with Gasteiger partial charge in [0.2, 0.25) is 11.8 Å². The summed E-state index contributed by atoms with van der Waals surface area (Å²) in [4.78, 5) is 28.2. The standard InChI is InChI=1S/C15H18N2O2/c1-11-4-2-5-12(10-11)16-9-7-14(18)17-8-3-6-13(17)15(16)19/h2,4-5,10,13H,3,6-9H2,1H3. The van der Waals surface area contributed by atoms with E-state index in [0.29, 0.717) is 13.0 Å².